The van der Waals surface area contributed by atoms with E-state index in [2.05, 4.69) is 24.3 Å². The fourth-order valence-corrected chi connectivity index (χ4v) is 1.55. The van der Waals surface area contributed by atoms with Gasteiger partial charge < -0.3 is 5.11 Å². The van der Waals surface area contributed by atoms with Crippen LogP contribution < -0.4 is 0 Å². The van der Waals surface area contributed by atoms with E-state index in [4.69, 9.17) is 5.11 Å². The van der Waals surface area contributed by atoms with E-state index in [1.807, 2.05) is 6.08 Å². The van der Waals surface area contributed by atoms with Crippen molar-refractivity contribution in [1.82, 2.24) is 0 Å². The Hall–Kier alpha value is -1.08. The van der Waals surface area contributed by atoms with E-state index in [-0.39, 0.29) is 6.10 Å². The Morgan fingerprint density at radius 1 is 1.29 bits per heavy atom. The summed E-state index contributed by atoms with van der Waals surface area (Å²) in [6.45, 7) is 1.76. The highest BCUT2D eigenvalue weighted by Gasteiger charge is 2.22. The Kier molecular flexibility index (Phi) is 2.69. The third-order valence-corrected chi connectivity index (χ3v) is 2.55. The Balaban J connectivity index is 2.05. The minimum atomic E-state index is -0.363. The molecule has 0 bridgehead atoms. The molecule has 1 aromatic carbocycles. The topological polar surface area (TPSA) is 20.2 Å². The number of hydrogen-bond donors (Lipinski definition) is 1. The summed E-state index contributed by atoms with van der Waals surface area (Å²) in [4.78, 5) is 0. The van der Waals surface area contributed by atoms with Crippen molar-refractivity contribution in [1.29, 1.82) is 0 Å². The zero-order chi connectivity index (χ0) is 9.97. The van der Waals surface area contributed by atoms with Gasteiger partial charge in [0.1, 0.15) is 0 Å². The summed E-state index contributed by atoms with van der Waals surface area (Å²) in [6, 6.07) is 8.62. The molecule has 0 radical (unpaired) electrons. The van der Waals surface area contributed by atoms with E-state index in [1.54, 1.807) is 13.0 Å². The Labute approximate surface area is 85.1 Å². The monoisotopic (exact) mass is 188 g/mol. The molecule has 74 valence electrons. The SMILES string of the molecule is CC(O)/C=C/c1ccc(C2CC2)cc1. The molecule has 0 saturated heterocycles. The van der Waals surface area contributed by atoms with Gasteiger partial charge in [-0.2, -0.15) is 0 Å². The zero-order valence-corrected chi connectivity index (χ0v) is 8.48. The lowest BCUT2D eigenvalue weighted by molar-refractivity contribution is 0.245. The standard InChI is InChI=1S/C13H16O/c1-10(14)2-3-11-4-6-12(7-5-11)13-8-9-13/h2-7,10,13-14H,8-9H2,1H3/b3-2+. The van der Waals surface area contributed by atoms with Gasteiger partial charge in [-0.25, -0.2) is 0 Å². The molecule has 1 heteroatoms. The molecular weight excluding hydrogens is 172 g/mol. The van der Waals surface area contributed by atoms with Crippen LogP contribution in [0.1, 0.15) is 36.8 Å². The molecule has 1 nitrogen and oxygen atoms in total. The minimum Gasteiger partial charge on any atom is -0.389 e. The van der Waals surface area contributed by atoms with E-state index in [0.29, 0.717) is 0 Å². The van der Waals surface area contributed by atoms with E-state index >= 15 is 0 Å². The number of aliphatic hydroxyl groups excluding tert-OH is 1. The van der Waals surface area contributed by atoms with Gasteiger partial charge in [0.2, 0.25) is 0 Å². The highest BCUT2D eigenvalue weighted by Crippen LogP contribution is 2.39. The molecule has 1 aliphatic carbocycles. The van der Waals surface area contributed by atoms with Crippen molar-refractivity contribution in [3.05, 3.63) is 41.5 Å². The number of benzene rings is 1. The van der Waals surface area contributed by atoms with Crippen molar-refractivity contribution in [2.75, 3.05) is 0 Å². The fraction of sp³-hybridized carbons (Fsp3) is 0.385. The molecule has 0 heterocycles. The third-order valence-electron chi connectivity index (χ3n) is 2.55. The van der Waals surface area contributed by atoms with Crippen molar-refractivity contribution in [2.45, 2.75) is 31.8 Å². The van der Waals surface area contributed by atoms with Crippen molar-refractivity contribution in [2.24, 2.45) is 0 Å². The second-order valence-corrected chi connectivity index (χ2v) is 4.04. The van der Waals surface area contributed by atoms with Crippen LogP contribution in [0, 0.1) is 0 Å². The van der Waals surface area contributed by atoms with Crippen molar-refractivity contribution in [3.8, 4) is 0 Å². The van der Waals surface area contributed by atoms with Crippen molar-refractivity contribution in [3.63, 3.8) is 0 Å². The Bertz CT molecular complexity index is 318. The second-order valence-electron chi connectivity index (χ2n) is 4.04. The van der Waals surface area contributed by atoms with Gasteiger partial charge in [-0.05, 0) is 36.8 Å². The average molecular weight is 188 g/mol. The van der Waals surface area contributed by atoms with Gasteiger partial charge in [0, 0.05) is 0 Å². The smallest absolute Gasteiger partial charge is 0.0696 e. The molecule has 0 amide bonds. The first-order valence-corrected chi connectivity index (χ1v) is 5.22. The molecule has 1 N–H and O–H groups in total. The maximum atomic E-state index is 9.08. The van der Waals surface area contributed by atoms with Crippen LogP contribution in [0.25, 0.3) is 6.08 Å². The number of hydrogen-bond acceptors (Lipinski definition) is 1. The summed E-state index contributed by atoms with van der Waals surface area (Å²) in [6.07, 6.45) is 6.09. The molecule has 0 aliphatic heterocycles. The maximum Gasteiger partial charge on any atom is 0.0696 e. The van der Waals surface area contributed by atoms with Gasteiger partial charge in [-0.1, -0.05) is 36.4 Å². The molecule has 1 aromatic rings. The molecule has 0 aromatic heterocycles. The molecule has 1 aliphatic rings. The van der Waals surface area contributed by atoms with Crippen LogP contribution in [-0.4, -0.2) is 11.2 Å². The van der Waals surface area contributed by atoms with Crippen LogP contribution in [0.15, 0.2) is 30.3 Å². The molecule has 1 saturated carbocycles. The van der Waals surface area contributed by atoms with Crippen LogP contribution in [0.5, 0.6) is 0 Å². The average Bonchev–Trinajstić information content (AvgIpc) is 2.99. The van der Waals surface area contributed by atoms with Crippen LogP contribution in [0.2, 0.25) is 0 Å². The van der Waals surface area contributed by atoms with Gasteiger partial charge in [0.25, 0.3) is 0 Å². The van der Waals surface area contributed by atoms with Gasteiger partial charge in [-0.15, -0.1) is 0 Å². The molecular formula is C13H16O. The summed E-state index contributed by atoms with van der Waals surface area (Å²) in [5.41, 5.74) is 2.62. The highest BCUT2D eigenvalue weighted by atomic mass is 16.3. The largest absolute Gasteiger partial charge is 0.389 e. The summed E-state index contributed by atoms with van der Waals surface area (Å²) in [5.74, 6) is 0.824. The lowest BCUT2D eigenvalue weighted by Gasteiger charge is -1.99. The predicted molar refractivity (Wildman–Crippen MR) is 59.1 cm³/mol. The summed E-state index contributed by atoms with van der Waals surface area (Å²) >= 11 is 0. The molecule has 2 rings (SSSR count). The van der Waals surface area contributed by atoms with E-state index in [9.17, 15) is 0 Å². The second kappa shape index (κ2) is 3.97. The zero-order valence-electron chi connectivity index (χ0n) is 8.48. The Morgan fingerprint density at radius 2 is 1.93 bits per heavy atom. The lowest BCUT2D eigenvalue weighted by atomic mass is 10.1. The minimum absolute atomic E-state index is 0.363. The summed E-state index contributed by atoms with van der Waals surface area (Å²) in [7, 11) is 0. The molecule has 14 heavy (non-hydrogen) atoms. The third kappa shape index (κ3) is 2.46. The first kappa shape index (κ1) is 9.47. The summed E-state index contributed by atoms with van der Waals surface area (Å²) in [5, 5.41) is 9.08. The van der Waals surface area contributed by atoms with Crippen molar-refractivity contribution >= 4 is 6.08 Å². The molecule has 1 fully saturated rings. The molecule has 0 spiro atoms. The Morgan fingerprint density at radius 3 is 2.43 bits per heavy atom. The fourth-order valence-electron chi connectivity index (χ4n) is 1.55. The van der Waals surface area contributed by atoms with Crippen molar-refractivity contribution < 1.29 is 5.11 Å². The van der Waals surface area contributed by atoms with Crippen LogP contribution in [-0.2, 0) is 0 Å². The first-order valence-electron chi connectivity index (χ1n) is 5.22. The molecule has 1 atom stereocenters. The highest BCUT2D eigenvalue weighted by molar-refractivity contribution is 5.50. The number of rotatable bonds is 3. The van der Waals surface area contributed by atoms with Gasteiger partial charge in [-0.3, -0.25) is 0 Å². The maximum absolute atomic E-state index is 9.08. The summed E-state index contributed by atoms with van der Waals surface area (Å²) < 4.78 is 0. The van der Waals surface area contributed by atoms with Gasteiger partial charge in [0.05, 0.1) is 6.10 Å². The number of aliphatic hydroxyl groups is 1. The molecule has 1 unspecified atom stereocenters. The van der Waals surface area contributed by atoms with E-state index in [0.717, 1.165) is 11.5 Å². The van der Waals surface area contributed by atoms with E-state index in [1.165, 1.54) is 18.4 Å². The van der Waals surface area contributed by atoms with E-state index < -0.39 is 0 Å². The van der Waals surface area contributed by atoms with Crippen LogP contribution >= 0.6 is 0 Å². The van der Waals surface area contributed by atoms with Crippen LogP contribution in [0.3, 0.4) is 0 Å². The first-order chi connectivity index (χ1) is 6.75. The van der Waals surface area contributed by atoms with Gasteiger partial charge >= 0.3 is 0 Å². The predicted octanol–water partition coefficient (Wildman–Crippen LogP) is 2.96. The normalized spacial score (nSPS) is 18.7. The quantitative estimate of drug-likeness (QED) is 0.773. The van der Waals surface area contributed by atoms with Crippen LogP contribution in [0.4, 0.5) is 0 Å². The lowest BCUT2D eigenvalue weighted by Crippen LogP contribution is -1.91. The van der Waals surface area contributed by atoms with Gasteiger partial charge in [0.15, 0.2) is 0 Å².